The van der Waals surface area contributed by atoms with Gasteiger partial charge in [-0.1, -0.05) is 63.8 Å². The first kappa shape index (κ1) is 23.0. The number of rotatable bonds is 6. The second-order valence-corrected chi connectivity index (χ2v) is 15.9. The molecule has 0 aliphatic heterocycles. The SMILES string of the molecule is CC(C)(C)OC(=O)CC(O)(/C=C/Sc1ccccc1)[Si](C)(C)C(C)(C)C. The van der Waals surface area contributed by atoms with Crippen LogP contribution in [-0.4, -0.2) is 30.0 Å². The van der Waals surface area contributed by atoms with Crippen molar-refractivity contribution in [1.82, 2.24) is 0 Å². The molecule has 0 saturated carbocycles. The van der Waals surface area contributed by atoms with Crippen molar-refractivity contribution in [1.29, 1.82) is 0 Å². The van der Waals surface area contributed by atoms with E-state index in [1.165, 1.54) is 0 Å². The van der Waals surface area contributed by atoms with Gasteiger partial charge in [0.25, 0.3) is 0 Å². The van der Waals surface area contributed by atoms with Crippen LogP contribution in [0.2, 0.25) is 18.1 Å². The summed E-state index contributed by atoms with van der Waals surface area (Å²) < 4.78 is 5.49. The average Bonchev–Trinajstić information content (AvgIpc) is 2.44. The molecule has 0 aliphatic carbocycles. The van der Waals surface area contributed by atoms with E-state index in [2.05, 4.69) is 33.9 Å². The molecule has 26 heavy (non-hydrogen) atoms. The lowest BCUT2D eigenvalue weighted by atomic mass is 10.2. The molecule has 1 rings (SSSR count). The van der Waals surface area contributed by atoms with Crippen molar-refractivity contribution in [3.05, 3.63) is 41.8 Å². The second kappa shape index (κ2) is 8.32. The van der Waals surface area contributed by atoms with E-state index in [0.717, 1.165) is 4.90 Å². The van der Waals surface area contributed by atoms with Gasteiger partial charge >= 0.3 is 5.97 Å². The Bertz CT molecular complexity index is 627. The number of aliphatic hydroxyl groups is 1. The van der Waals surface area contributed by atoms with E-state index in [-0.39, 0.29) is 17.4 Å². The highest BCUT2D eigenvalue weighted by Crippen LogP contribution is 2.45. The second-order valence-electron chi connectivity index (χ2n) is 9.30. The Labute approximate surface area is 164 Å². The van der Waals surface area contributed by atoms with E-state index in [1.54, 1.807) is 11.8 Å². The topological polar surface area (TPSA) is 46.5 Å². The first-order chi connectivity index (χ1) is 11.7. The molecule has 0 bridgehead atoms. The minimum absolute atomic E-state index is 0.0212. The minimum Gasteiger partial charge on any atom is -0.460 e. The van der Waals surface area contributed by atoms with Gasteiger partial charge in [-0.25, -0.2) is 0 Å². The Morgan fingerprint density at radius 2 is 1.65 bits per heavy atom. The van der Waals surface area contributed by atoms with Crippen molar-refractivity contribution in [2.45, 2.75) is 81.8 Å². The fourth-order valence-electron chi connectivity index (χ4n) is 2.46. The highest BCUT2D eigenvalue weighted by Gasteiger charge is 2.52. The number of ether oxygens (including phenoxy) is 1. The lowest BCUT2D eigenvalue weighted by Gasteiger charge is -2.47. The van der Waals surface area contributed by atoms with Crippen LogP contribution in [0.4, 0.5) is 0 Å². The summed E-state index contributed by atoms with van der Waals surface area (Å²) in [6.45, 7) is 16.2. The van der Waals surface area contributed by atoms with Crippen molar-refractivity contribution in [3.63, 3.8) is 0 Å². The Kier molecular flexibility index (Phi) is 7.36. The molecule has 3 nitrogen and oxygen atoms in total. The molecule has 146 valence electrons. The van der Waals surface area contributed by atoms with Gasteiger partial charge in [0.1, 0.15) is 5.60 Å². The van der Waals surface area contributed by atoms with Gasteiger partial charge < -0.3 is 9.84 Å². The van der Waals surface area contributed by atoms with Crippen molar-refractivity contribution >= 4 is 25.8 Å². The van der Waals surface area contributed by atoms with Crippen LogP contribution in [-0.2, 0) is 9.53 Å². The van der Waals surface area contributed by atoms with Crippen molar-refractivity contribution < 1.29 is 14.6 Å². The van der Waals surface area contributed by atoms with Crippen LogP contribution in [0.1, 0.15) is 48.0 Å². The van der Waals surface area contributed by atoms with E-state index in [1.807, 2.05) is 62.6 Å². The zero-order valence-electron chi connectivity index (χ0n) is 17.4. The molecular weight excluding hydrogens is 360 g/mol. The predicted octanol–water partition coefficient (Wildman–Crippen LogP) is 5.80. The van der Waals surface area contributed by atoms with Gasteiger partial charge in [0, 0.05) is 4.90 Å². The maximum atomic E-state index is 12.5. The summed E-state index contributed by atoms with van der Waals surface area (Å²) >= 11 is 1.54. The summed E-state index contributed by atoms with van der Waals surface area (Å²) in [4.78, 5) is 13.6. The molecule has 1 aromatic rings. The Balaban J connectivity index is 3.10. The molecule has 0 saturated heterocycles. The third-order valence-corrected chi connectivity index (χ3v) is 12.2. The summed E-state index contributed by atoms with van der Waals surface area (Å²) in [5, 5.41) is 12.2. The number of carbonyl (C=O) groups is 1. The van der Waals surface area contributed by atoms with Gasteiger partial charge in [-0.05, 0) is 49.4 Å². The number of carbonyl (C=O) groups excluding carboxylic acids is 1. The Morgan fingerprint density at radius 1 is 1.12 bits per heavy atom. The monoisotopic (exact) mass is 394 g/mol. The van der Waals surface area contributed by atoms with Crippen LogP contribution in [0, 0.1) is 0 Å². The molecule has 0 aromatic heterocycles. The highest BCUT2D eigenvalue weighted by molar-refractivity contribution is 8.02. The minimum atomic E-state index is -2.28. The standard InChI is InChI=1S/C21H34O3SSi/c1-19(2,3)24-18(22)16-21(23,26(7,8)20(4,5)6)14-15-25-17-12-10-9-11-13-17/h9-15,23H,16H2,1-8H3/b15-14+. The first-order valence-electron chi connectivity index (χ1n) is 9.02. The lowest BCUT2D eigenvalue weighted by molar-refractivity contribution is -0.157. The van der Waals surface area contributed by atoms with Crippen LogP contribution < -0.4 is 0 Å². The molecule has 0 radical (unpaired) electrons. The summed E-state index contributed by atoms with van der Waals surface area (Å²) in [7, 11) is -2.28. The molecule has 1 atom stereocenters. The Hall–Kier alpha value is -1.04. The van der Waals surface area contributed by atoms with Crippen LogP contribution in [0.5, 0.6) is 0 Å². The summed E-state index contributed by atoms with van der Waals surface area (Å²) in [5.41, 5.74) is -0.562. The molecule has 0 heterocycles. The highest BCUT2D eigenvalue weighted by atomic mass is 32.2. The number of hydrogen-bond donors (Lipinski definition) is 1. The summed E-state index contributed by atoms with van der Waals surface area (Å²) in [6.07, 6.45) is 1.79. The van der Waals surface area contributed by atoms with Gasteiger partial charge in [-0.3, -0.25) is 4.79 Å². The molecule has 1 N–H and O–H groups in total. The van der Waals surface area contributed by atoms with E-state index in [4.69, 9.17) is 4.74 Å². The van der Waals surface area contributed by atoms with Crippen LogP contribution in [0.3, 0.4) is 0 Å². The molecule has 0 fully saturated rings. The number of thioether (sulfide) groups is 1. The fraction of sp³-hybridized carbons (Fsp3) is 0.571. The van der Waals surface area contributed by atoms with Gasteiger partial charge in [0.2, 0.25) is 0 Å². The number of esters is 1. The van der Waals surface area contributed by atoms with Crippen molar-refractivity contribution in [3.8, 4) is 0 Å². The van der Waals surface area contributed by atoms with Crippen molar-refractivity contribution in [2.24, 2.45) is 0 Å². The largest absolute Gasteiger partial charge is 0.460 e. The number of hydrogen-bond acceptors (Lipinski definition) is 4. The van der Waals surface area contributed by atoms with E-state index in [9.17, 15) is 9.90 Å². The molecule has 0 spiro atoms. The van der Waals surface area contributed by atoms with Crippen LogP contribution in [0.25, 0.3) is 0 Å². The van der Waals surface area contributed by atoms with E-state index in [0.29, 0.717) is 0 Å². The van der Waals surface area contributed by atoms with E-state index >= 15 is 0 Å². The predicted molar refractivity (Wildman–Crippen MR) is 114 cm³/mol. The summed E-state index contributed by atoms with van der Waals surface area (Å²) in [6, 6.07) is 9.98. The molecule has 0 amide bonds. The normalized spacial score (nSPS) is 15.7. The van der Waals surface area contributed by atoms with Gasteiger partial charge in [-0.2, -0.15) is 0 Å². The van der Waals surface area contributed by atoms with Crippen molar-refractivity contribution in [2.75, 3.05) is 0 Å². The molecule has 1 unspecified atom stereocenters. The average molecular weight is 395 g/mol. The third kappa shape index (κ3) is 6.29. The van der Waals surface area contributed by atoms with Gasteiger partial charge in [-0.15, -0.1) is 0 Å². The molecule has 5 heteroatoms. The maximum absolute atomic E-state index is 12.5. The maximum Gasteiger partial charge on any atom is 0.309 e. The van der Waals surface area contributed by atoms with Crippen LogP contribution in [0.15, 0.2) is 46.7 Å². The van der Waals surface area contributed by atoms with Gasteiger partial charge in [0.05, 0.1) is 19.7 Å². The third-order valence-electron chi connectivity index (χ3n) is 5.08. The zero-order chi connectivity index (χ0) is 20.2. The molecular formula is C21H34O3SSi. The first-order valence-corrected chi connectivity index (χ1v) is 12.9. The quantitative estimate of drug-likeness (QED) is 0.376. The lowest BCUT2D eigenvalue weighted by Crippen LogP contribution is -2.59. The summed E-state index contributed by atoms with van der Waals surface area (Å²) in [5.74, 6) is -0.362. The molecule has 0 aliphatic rings. The number of benzene rings is 1. The van der Waals surface area contributed by atoms with Crippen LogP contribution >= 0.6 is 11.8 Å². The zero-order valence-corrected chi connectivity index (χ0v) is 19.2. The Morgan fingerprint density at radius 3 is 2.12 bits per heavy atom. The van der Waals surface area contributed by atoms with E-state index < -0.39 is 18.9 Å². The smallest absolute Gasteiger partial charge is 0.309 e. The van der Waals surface area contributed by atoms with Gasteiger partial charge in [0.15, 0.2) is 0 Å². The fourth-order valence-corrected chi connectivity index (χ4v) is 5.73. The molecule has 1 aromatic carbocycles.